The van der Waals surface area contributed by atoms with Crippen molar-refractivity contribution in [3.63, 3.8) is 0 Å². The van der Waals surface area contributed by atoms with Crippen molar-refractivity contribution in [2.45, 2.75) is 39.9 Å². The lowest BCUT2D eigenvalue weighted by Crippen LogP contribution is -2.47. The lowest BCUT2D eigenvalue weighted by molar-refractivity contribution is -0.921. The second-order valence-electron chi connectivity index (χ2n) is 9.59. The van der Waals surface area contributed by atoms with E-state index in [-0.39, 0.29) is 0 Å². The molecule has 204 valence electrons. The molecule has 0 unspecified atom stereocenters. The van der Waals surface area contributed by atoms with Crippen LogP contribution in [0, 0.1) is 0 Å². The van der Waals surface area contributed by atoms with Crippen molar-refractivity contribution in [3.8, 4) is 0 Å². The summed E-state index contributed by atoms with van der Waals surface area (Å²) in [5, 5.41) is 10.8. The largest absolute Gasteiger partial charge is 0.638 e. The van der Waals surface area contributed by atoms with E-state index in [0.717, 1.165) is 22.3 Å². The number of nitrogens with zero attached hydrogens (tertiary/aromatic N) is 1. The minimum absolute atomic E-state index is 0.449. The smallest absolute Gasteiger partial charge is 0.402 e. The first-order valence-corrected chi connectivity index (χ1v) is 14.1. The fourth-order valence-corrected chi connectivity index (χ4v) is 4.82. The average molecular weight is 525 g/mol. The van der Waals surface area contributed by atoms with Crippen molar-refractivity contribution in [1.82, 2.24) is 0 Å². The first-order valence-electron chi connectivity index (χ1n) is 14.1. The van der Waals surface area contributed by atoms with Crippen molar-refractivity contribution < 1.29 is 18.8 Å². The highest BCUT2D eigenvalue weighted by Gasteiger charge is 2.29. The summed E-state index contributed by atoms with van der Waals surface area (Å²) < 4.78 is 13.3. The maximum absolute atomic E-state index is 10.8. The van der Waals surface area contributed by atoms with Crippen LogP contribution in [0.15, 0.2) is 121 Å². The highest BCUT2D eigenvalue weighted by atomic mass is 16.7. The van der Waals surface area contributed by atoms with Gasteiger partial charge < -0.3 is 18.8 Å². The maximum atomic E-state index is 10.8. The predicted octanol–water partition coefficient (Wildman–Crippen LogP) is 7.46. The summed E-state index contributed by atoms with van der Waals surface area (Å²) in [6.07, 6.45) is -0.899. The second-order valence-corrected chi connectivity index (χ2v) is 9.59. The first kappa shape index (κ1) is 30.3. The van der Waals surface area contributed by atoms with E-state index >= 15 is 0 Å². The molecular formula is C34H43BNO3+. The summed E-state index contributed by atoms with van der Waals surface area (Å²) in [6.45, 7) is 14.2. The molecule has 0 aliphatic rings. The van der Waals surface area contributed by atoms with Crippen LogP contribution in [0.2, 0.25) is 0 Å². The van der Waals surface area contributed by atoms with E-state index in [2.05, 4.69) is 27.7 Å². The molecule has 0 saturated heterocycles. The Kier molecular flexibility index (Phi) is 12.5. The summed E-state index contributed by atoms with van der Waals surface area (Å²) in [5.74, 6) is 0. The van der Waals surface area contributed by atoms with Gasteiger partial charge in [-0.2, -0.15) is 0 Å². The Morgan fingerprint density at radius 1 is 0.487 bits per heavy atom. The quantitative estimate of drug-likeness (QED) is 0.154. The number of benzene rings is 4. The van der Waals surface area contributed by atoms with E-state index in [1.165, 1.54) is 30.7 Å². The molecule has 0 radical (unpaired) electrons. The van der Waals surface area contributed by atoms with Crippen molar-refractivity contribution in [2.24, 2.45) is 0 Å². The van der Waals surface area contributed by atoms with Crippen LogP contribution in [0.5, 0.6) is 0 Å². The van der Waals surface area contributed by atoms with Crippen LogP contribution in [0.4, 0.5) is 0 Å². The standard InChI is InChI=1S/C26H23BO3.C8H20N/c28-27(29-25(21-13-5-1-6-14-21)22-15-7-2-8-16-22)30-26(23-17-9-3-10-18-23)24-19-11-4-12-20-24;1-5-9(6-2,7-3)8-4/h1-20,25-26,28H;5-8H2,1-4H3/q;+1. The predicted molar refractivity (Wildman–Crippen MR) is 162 cm³/mol. The zero-order valence-electron chi connectivity index (χ0n) is 23.8. The molecule has 0 atom stereocenters. The van der Waals surface area contributed by atoms with Gasteiger partial charge in [-0.25, -0.2) is 0 Å². The molecule has 4 aromatic rings. The minimum Gasteiger partial charge on any atom is -0.402 e. The molecule has 39 heavy (non-hydrogen) atoms. The number of hydrogen-bond acceptors (Lipinski definition) is 3. The SMILES string of the molecule is CC[N+](CC)(CC)CC.OB(OC(c1ccccc1)c1ccccc1)OC(c1ccccc1)c1ccccc1. The van der Waals surface area contributed by atoms with E-state index in [4.69, 9.17) is 9.31 Å². The van der Waals surface area contributed by atoms with E-state index in [1.807, 2.05) is 121 Å². The van der Waals surface area contributed by atoms with Crippen LogP contribution in [-0.2, 0) is 9.31 Å². The minimum atomic E-state index is -1.42. The third-order valence-electron chi connectivity index (χ3n) is 7.60. The first-order chi connectivity index (χ1) is 19.1. The van der Waals surface area contributed by atoms with Crippen LogP contribution in [0.25, 0.3) is 0 Å². The third kappa shape index (κ3) is 8.91. The number of hydrogen-bond donors (Lipinski definition) is 1. The third-order valence-corrected chi connectivity index (χ3v) is 7.60. The normalized spacial score (nSPS) is 11.3. The van der Waals surface area contributed by atoms with Gasteiger partial charge in [0.15, 0.2) is 0 Å². The fourth-order valence-electron chi connectivity index (χ4n) is 4.82. The lowest BCUT2D eigenvalue weighted by atomic mass is 9.98. The Hall–Kier alpha value is -3.22. The highest BCUT2D eigenvalue weighted by Crippen LogP contribution is 2.30. The van der Waals surface area contributed by atoms with Gasteiger partial charge in [0.05, 0.1) is 38.4 Å². The van der Waals surface area contributed by atoms with Gasteiger partial charge in [-0.05, 0) is 49.9 Å². The highest BCUT2D eigenvalue weighted by molar-refractivity contribution is 6.34. The van der Waals surface area contributed by atoms with Gasteiger partial charge >= 0.3 is 7.32 Å². The molecule has 0 heterocycles. The lowest BCUT2D eigenvalue weighted by Gasteiger charge is -2.34. The molecule has 0 aliphatic heterocycles. The Morgan fingerprint density at radius 3 is 0.897 bits per heavy atom. The Morgan fingerprint density at radius 2 is 0.718 bits per heavy atom. The molecule has 4 aromatic carbocycles. The zero-order chi connectivity index (χ0) is 27.9. The monoisotopic (exact) mass is 524 g/mol. The van der Waals surface area contributed by atoms with Gasteiger partial charge in [-0.15, -0.1) is 0 Å². The van der Waals surface area contributed by atoms with Gasteiger partial charge in [0.25, 0.3) is 0 Å². The Labute approximate surface area is 235 Å². The van der Waals surface area contributed by atoms with Gasteiger partial charge in [0.2, 0.25) is 0 Å². The van der Waals surface area contributed by atoms with E-state index in [0.29, 0.717) is 0 Å². The average Bonchev–Trinajstić information content (AvgIpc) is 3.02. The van der Waals surface area contributed by atoms with Crippen molar-refractivity contribution in [2.75, 3.05) is 26.2 Å². The van der Waals surface area contributed by atoms with Crippen LogP contribution in [0.3, 0.4) is 0 Å². The summed E-state index contributed by atoms with van der Waals surface area (Å²) in [6, 6.07) is 39.3. The molecule has 0 amide bonds. The van der Waals surface area contributed by atoms with Crippen LogP contribution < -0.4 is 0 Å². The molecule has 1 N–H and O–H groups in total. The molecule has 0 bridgehead atoms. The maximum Gasteiger partial charge on any atom is 0.638 e. The van der Waals surface area contributed by atoms with E-state index in [9.17, 15) is 5.02 Å². The topological polar surface area (TPSA) is 38.7 Å². The molecule has 4 nitrogen and oxygen atoms in total. The van der Waals surface area contributed by atoms with Crippen molar-refractivity contribution in [3.05, 3.63) is 144 Å². The number of rotatable bonds is 12. The zero-order valence-corrected chi connectivity index (χ0v) is 23.8. The molecule has 0 saturated carbocycles. The van der Waals surface area contributed by atoms with Gasteiger partial charge in [0.1, 0.15) is 0 Å². The fraction of sp³-hybridized carbons (Fsp3) is 0.294. The van der Waals surface area contributed by atoms with Crippen molar-refractivity contribution in [1.29, 1.82) is 0 Å². The summed E-state index contributed by atoms with van der Waals surface area (Å²) in [4.78, 5) is 0. The molecule has 4 rings (SSSR count). The molecule has 0 aromatic heterocycles. The van der Waals surface area contributed by atoms with Crippen LogP contribution in [-0.4, -0.2) is 43.0 Å². The van der Waals surface area contributed by atoms with Crippen LogP contribution in [0.1, 0.15) is 62.2 Å². The molecule has 0 fully saturated rings. The van der Waals surface area contributed by atoms with Gasteiger partial charge in [-0.1, -0.05) is 121 Å². The van der Waals surface area contributed by atoms with Crippen LogP contribution >= 0.6 is 0 Å². The molecule has 0 spiro atoms. The summed E-state index contributed by atoms with van der Waals surface area (Å²) in [5.41, 5.74) is 3.79. The molecular weight excluding hydrogens is 481 g/mol. The summed E-state index contributed by atoms with van der Waals surface area (Å²) >= 11 is 0. The van der Waals surface area contributed by atoms with Gasteiger partial charge in [0, 0.05) is 0 Å². The number of quaternary nitrogens is 1. The molecule has 0 aliphatic carbocycles. The van der Waals surface area contributed by atoms with Gasteiger partial charge in [-0.3, -0.25) is 0 Å². The second kappa shape index (κ2) is 16.0. The van der Waals surface area contributed by atoms with Crippen molar-refractivity contribution >= 4 is 7.32 Å². The Bertz CT molecular complexity index is 991. The van der Waals surface area contributed by atoms with E-state index < -0.39 is 19.5 Å². The Balaban J connectivity index is 0.000000403. The van der Waals surface area contributed by atoms with E-state index in [1.54, 1.807) is 0 Å². The molecule has 5 heteroatoms. The summed E-state index contributed by atoms with van der Waals surface area (Å²) in [7, 11) is -1.42.